The van der Waals surface area contributed by atoms with E-state index >= 15 is 0 Å². The molecular weight excluding hydrogens is 428 g/mol. The summed E-state index contributed by atoms with van der Waals surface area (Å²) in [5, 5.41) is 4.37. The average Bonchev–Trinajstić information content (AvgIpc) is 3.50. The SMILES string of the molecule is Cc1cccc(C)c1-n1c(C)cc([C@@H]2[C@H](c3ccccn3)NC(=S)N2C[C@@H]2CCCO2)c1C. The quantitative estimate of drug-likeness (QED) is 0.526. The number of nitrogens with zero attached hydrogens (tertiary/aromatic N) is 3. The highest BCUT2D eigenvalue weighted by molar-refractivity contribution is 7.80. The highest BCUT2D eigenvalue weighted by atomic mass is 32.1. The maximum atomic E-state index is 6.00. The fourth-order valence-electron chi connectivity index (χ4n) is 5.54. The van der Waals surface area contributed by atoms with E-state index in [2.05, 4.69) is 72.8 Å². The highest BCUT2D eigenvalue weighted by Gasteiger charge is 2.42. The lowest BCUT2D eigenvalue weighted by Crippen LogP contribution is -2.36. The number of rotatable bonds is 5. The first kappa shape index (κ1) is 22.1. The molecule has 2 aliphatic rings. The van der Waals surface area contributed by atoms with Crippen LogP contribution >= 0.6 is 12.2 Å². The topological polar surface area (TPSA) is 42.3 Å². The van der Waals surface area contributed by atoms with Gasteiger partial charge < -0.3 is 19.5 Å². The molecule has 3 atom stereocenters. The first-order valence-corrected chi connectivity index (χ1v) is 12.2. The maximum absolute atomic E-state index is 6.00. The molecule has 0 amide bonds. The standard InChI is InChI=1S/C27H32N4OS/c1-17-9-7-10-18(2)25(17)31-19(3)15-22(20(31)4)26-24(23-12-5-6-13-28-23)29-27(33)30(26)16-21-11-8-14-32-21/h5-7,9-10,12-13,15,21,24,26H,8,11,14,16H2,1-4H3,(H,29,33)/t21-,24-,26+/m0/s1. The van der Waals surface area contributed by atoms with Crippen molar-refractivity contribution in [1.29, 1.82) is 0 Å². The number of aryl methyl sites for hydroxylation is 3. The van der Waals surface area contributed by atoms with Gasteiger partial charge >= 0.3 is 0 Å². The summed E-state index contributed by atoms with van der Waals surface area (Å²) in [6.45, 7) is 10.4. The Hall–Kier alpha value is -2.70. The number of ether oxygens (including phenoxy) is 1. The monoisotopic (exact) mass is 460 g/mol. The van der Waals surface area contributed by atoms with Gasteiger partial charge in [0.15, 0.2) is 5.11 Å². The van der Waals surface area contributed by atoms with Gasteiger partial charge in [0, 0.05) is 30.7 Å². The molecule has 172 valence electrons. The molecule has 4 heterocycles. The molecule has 0 bridgehead atoms. The molecule has 1 aromatic carbocycles. The minimum absolute atomic E-state index is 0.00739. The zero-order valence-corrected chi connectivity index (χ0v) is 20.7. The fraction of sp³-hybridized carbons (Fsp3) is 0.407. The molecule has 6 heteroatoms. The second-order valence-electron chi connectivity index (χ2n) is 9.32. The van der Waals surface area contributed by atoms with E-state index in [1.54, 1.807) is 0 Å². The van der Waals surface area contributed by atoms with Crippen LogP contribution in [0, 0.1) is 27.7 Å². The molecule has 5 nitrogen and oxygen atoms in total. The van der Waals surface area contributed by atoms with Gasteiger partial charge in [0.1, 0.15) is 0 Å². The predicted molar refractivity (Wildman–Crippen MR) is 136 cm³/mol. The summed E-state index contributed by atoms with van der Waals surface area (Å²) in [4.78, 5) is 7.03. The van der Waals surface area contributed by atoms with Crippen LogP contribution in [-0.2, 0) is 4.74 Å². The Bertz CT molecular complexity index is 1150. The van der Waals surface area contributed by atoms with Crippen molar-refractivity contribution in [1.82, 2.24) is 19.8 Å². The van der Waals surface area contributed by atoms with Crippen LogP contribution in [0.2, 0.25) is 0 Å². The largest absolute Gasteiger partial charge is 0.376 e. The number of benzene rings is 1. The van der Waals surface area contributed by atoms with Crippen LogP contribution in [-0.4, -0.2) is 38.8 Å². The molecule has 0 unspecified atom stereocenters. The number of aromatic nitrogens is 2. The Morgan fingerprint density at radius 2 is 1.88 bits per heavy atom. The number of hydrogen-bond acceptors (Lipinski definition) is 3. The third kappa shape index (κ3) is 3.96. The third-order valence-electron chi connectivity index (χ3n) is 7.07. The average molecular weight is 461 g/mol. The van der Waals surface area contributed by atoms with E-state index < -0.39 is 0 Å². The summed E-state index contributed by atoms with van der Waals surface area (Å²) in [5.74, 6) is 0. The Morgan fingerprint density at radius 1 is 1.09 bits per heavy atom. The first-order chi connectivity index (χ1) is 16.0. The molecule has 2 fully saturated rings. The van der Waals surface area contributed by atoms with Gasteiger partial charge in [0.05, 0.1) is 29.6 Å². The molecule has 3 aromatic rings. The zero-order valence-electron chi connectivity index (χ0n) is 19.8. The van der Waals surface area contributed by atoms with E-state index in [1.807, 2.05) is 18.3 Å². The van der Waals surface area contributed by atoms with Gasteiger partial charge in [-0.3, -0.25) is 4.98 Å². The molecule has 1 N–H and O–H groups in total. The number of para-hydroxylation sites is 1. The van der Waals surface area contributed by atoms with Gasteiger partial charge in [-0.25, -0.2) is 0 Å². The van der Waals surface area contributed by atoms with Crippen molar-refractivity contribution in [2.75, 3.05) is 13.2 Å². The van der Waals surface area contributed by atoms with Crippen molar-refractivity contribution in [3.8, 4) is 5.69 Å². The second-order valence-corrected chi connectivity index (χ2v) is 9.70. The van der Waals surface area contributed by atoms with Crippen LogP contribution in [0.3, 0.4) is 0 Å². The Morgan fingerprint density at radius 3 is 2.55 bits per heavy atom. The van der Waals surface area contributed by atoms with Gasteiger partial charge in [-0.15, -0.1) is 0 Å². The molecule has 0 spiro atoms. The number of thiocarbonyl (C=S) groups is 1. The van der Waals surface area contributed by atoms with Gasteiger partial charge in [0.2, 0.25) is 0 Å². The van der Waals surface area contributed by atoms with E-state index in [-0.39, 0.29) is 18.2 Å². The number of nitrogens with one attached hydrogen (secondary N) is 1. The van der Waals surface area contributed by atoms with Crippen LogP contribution in [0.4, 0.5) is 0 Å². The van der Waals surface area contributed by atoms with Gasteiger partial charge in [0.25, 0.3) is 0 Å². The highest BCUT2D eigenvalue weighted by Crippen LogP contribution is 2.42. The lowest BCUT2D eigenvalue weighted by Gasteiger charge is -2.30. The Balaban J connectivity index is 1.62. The van der Waals surface area contributed by atoms with Crippen LogP contribution in [0.5, 0.6) is 0 Å². The Kier molecular flexibility index (Phi) is 5.97. The van der Waals surface area contributed by atoms with Crippen molar-refractivity contribution >= 4 is 17.3 Å². The van der Waals surface area contributed by atoms with Crippen molar-refractivity contribution in [3.05, 3.63) is 82.4 Å². The normalized spacial score (nSPS) is 22.7. The van der Waals surface area contributed by atoms with Crippen molar-refractivity contribution in [2.45, 2.75) is 58.7 Å². The lowest BCUT2D eigenvalue weighted by molar-refractivity contribution is 0.0842. The lowest BCUT2D eigenvalue weighted by atomic mass is 9.96. The zero-order chi connectivity index (χ0) is 23.1. The summed E-state index contributed by atoms with van der Waals surface area (Å²) in [6.07, 6.45) is 4.28. The van der Waals surface area contributed by atoms with E-state index in [4.69, 9.17) is 21.9 Å². The van der Waals surface area contributed by atoms with Gasteiger partial charge in [-0.1, -0.05) is 24.3 Å². The van der Waals surface area contributed by atoms with Crippen molar-refractivity contribution < 1.29 is 4.74 Å². The summed E-state index contributed by atoms with van der Waals surface area (Å²) in [6, 6.07) is 15.0. The minimum atomic E-state index is -0.00739. The molecule has 0 saturated carbocycles. The molecule has 2 saturated heterocycles. The van der Waals surface area contributed by atoms with Crippen LogP contribution < -0.4 is 5.32 Å². The van der Waals surface area contributed by atoms with E-state index in [9.17, 15) is 0 Å². The number of hydrogen-bond donors (Lipinski definition) is 1. The summed E-state index contributed by atoms with van der Waals surface area (Å²) in [5.41, 5.74) is 8.61. The Labute approximate surface area is 201 Å². The van der Waals surface area contributed by atoms with Crippen molar-refractivity contribution in [2.24, 2.45) is 0 Å². The molecule has 0 aliphatic carbocycles. The molecule has 2 aromatic heterocycles. The smallest absolute Gasteiger partial charge is 0.170 e. The van der Waals surface area contributed by atoms with Gasteiger partial charge in [-0.2, -0.15) is 0 Å². The van der Waals surface area contributed by atoms with E-state index in [0.29, 0.717) is 0 Å². The molecule has 5 rings (SSSR count). The van der Waals surface area contributed by atoms with E-state index in [0.717, 1.165) is 36.8 Å². The molecule has 33 heavy (non-hydrogen) atoms. The summed E-state index contributed by atoms with van der Waals surface area (Å²) >= 11 is 5.87. The van der Waals surface area contributed by atoms with Crippen LogP contribution in [0.1, 0.15) is 58.7 Å². The van der Waals surface area contributed by atoms with Gasteiger partial charge in [-0.05, 0) is 87.6 Å². The van der Waals surface area contributed by atoms with Crippen molar-refractivity contribution in [3.63, 3.8) is 0 Å². The number of pyridine rings is 1. The minimum Gasteiger partial charge on any atom is -0.376 e. The third-order valence-corrected chi connectivity index (χ3v) is 7.43. The fourth-order valence-corrected chi connectivity index (χ4v) is 5.85. The molecule has 0 radical (unpaired) electrons. The van der Waals surface area contributed by atoms with E-state index in [1.165, 1.54) is 33.8 Å². The molecule has 2 aliphatic heterocycles. The summed E-state index contributed by atoms with van der Waals surface area (Å²) < 4.78 is 8.40. The first-order valence-electron chi connectivity index (χ1n) is 11.8. The summed E-state index contributed by atoms with van der Waals surface area (Å²) in [7, 11) is 0. The molecular formula is C27H32N4OS. The predicted octanol–water partition coefficient (Wildman–Crippen LogP) is 5.26. The maximum Gasteiger partial charge on any atom is 0.170 e. The van der Waals surface area contributed by atoms with Crippen LogP contribution in [0.15, 0.2) is 48.7 Å². The second kappa shape index (κ2) is 8.92. The van der Waals surface area contributed by atoms with Crippen LogP contribution in [0.25, 0.3) is 5.69 Å².